The topological polar surface area (TPSA) is 361 Å². The molecule has 0 fully saturated rings. The molecule has 0 aliphatic heterocycles. The van der Waals surface area contributed by atoms with Crippen LogP contribution in [0.1, 0.15) is 10.5 Å². The van der Waals surface area contributed by atoms with Gasteiger partial charge in [0, 0.05) is 12.4 Å². The highest BCUT2D eigenvalue weighted by molar-refractivity contribution is 5.80. The van der Waals surface area contributed by atoms with Crippen molar-refractivity contribution in [2.75, 3.05) is 22.6 Å². The predicted molar refractivity (Wildman–Crippen MR) is 168 cm³/mol. The summed E-state index contributed by atoms with van der Waals surface area (Å²) in [6, 6.07) is 4.96. The summed E-state index contributed by atoms with van der Waals surface area (Å²) in [6.45, 7) is 0. The number of hydrogen-bond acceptors (Lipinski definition) is 16. The fourth-order valence-corrected chi connectivity index (χ4v) is 3.66. The van der Waals surface area contributed by atoms with E-state index in [-0.39, 0.29) is 23.0 Å². The molecule has 0 saturated carbocycles. The fraction of sp³-hybridized carbons (Fsp3) is 0. The number of fused-ring (bicyclic) bond motifs is 3. The van der Waals surface area contributed by atoms with Crippen LogP contribution in [0.25, 0.3) is 33.5 Å². The summed E-state index contributed by atoms with van der Waals surface area (Å²) in [4.78, 5) is 88.9. The molecule has 23 nitrogen and oxygen atoms in total. The number of aromatic amines is 6. The van der Waals surface area contributed by atoms with Crippen LogP contribution in [-0.2, 0) is 0 Å². The Balaban J connectivity index is 0.000000124. The molecule has 13 N–H and O–H groups in total. The van der Waals surface area contributed by atoms with Gasteiger partial charge in [0.2, 0.25) is 11.9 Å². The van der Waals surface area contributed by atoms with Crippen LogP contribution in [0.5, 0.6) is 0 Å². The lowest BCUT2D eigenvalue weighted by Crippen LogP contribution is -2.17. The van der Waals surface area contributed by atoms with Crippen LogP contribution in [-0.4, -0.2) is 80.7 Å². The number of anilines is 4. The van der Waals surface area contributed by atoms with Gasteiger partial charge < -0.3 is 32.2 Å². The van der Waals surface area contributed by atoms with Crippen molar-refractivity contribution >= 4 is 63.3 Å². The summed E-state index contributed by atoms with van der Waals surface area (Å²) in [5, 5.41) is 0. The number of imidazole rings is 3. The Morgan fingerprint density at radius 1 is 0.702 bits per heavy atom. The number of nitrogen functional groups attached to an aromatic ring is 3. The van der Waals surface area contributed by atoms with Crippen molar-refractivity contribution in [3.8, 4) is 0 Å². The van der Waals surface area contributed by atoms with Gasteiger partial charge in [-0.25, -0.2) is 34.7 Å². The molecule has 0 aromatic carbocycles. The third kappa shape index (κ3) is 7.44. The molecule has 23 heteroatoms. The Bertz CT molecular complexity index is 2360. The molecule has 0 aliphatic rings. The first-order valence-corrected chi connectivity index (χ1v) is 12.9. The largest absolute Gasteiger partial charge is 0.382 e. The van der Waals surface area contributed by atoms with Crippen LogP contribution in [0.15, 0.2) is 70.3 Å². The smallest absolute Gasteiger partial charge is 0.346 e. The number of nitrogens with two attached hydrogens (primary N) is 3. The number of carbonyl (C=O) groups is 1. The van der Waals surface area contributed by atoms with Gasteiger partial charge in [-0.05, 0) is 18.2 Å². The van der Waals surface area contributed by atoms with Crippen molar-refractivity contribution in [2.45, 2.75) is 0 Å². The van der Waals surface area contributed by atoms with E-state index in [0.29, 0.717) is 57.1 Å². The molecule has 0 aliphatic carbocycles. The van der Waals surface area contributed by atoms with Gasteiger partial charge in [0.15, 0.2) is 40.1 Å². The minimum absolute atomic E-state index is 0.0783. The molecule has 0 unspecified atom stereocenters. The van der Waals surface area contributed by atoms with Gasteiger partial charge in [0.1, 0.15) is 23.4 Å². The Morgan fingerprint density at radius 3 is 1.87 bits per heavy atom. The monoisotopic (exact) mass is 641 g/mol. The standard InChI is InChI=1S/C9H8N4O2.2C5H5N5O.C5H5N5/c14-6-7-2-1-5-13(7)12-8-3-4-10-9(15)11-8;2*6-5-9-3-2(4(11)10-5)7-1-8-3;6-4-3-5(9-1-7-3)10-2-8-4/h1-6H,(H2,10,11,12,15);2*1H,(H4,6,7,8,9,10,11);1-2H,(H3,6,7,8,9,10). The molecule has 47 heavy (non-hydrogen) atoms. The van der Waals surface area contributed by atoms with E-state index in [1.807, 2.05) is 0 Å². The summed E-state index contributed by atoms with van der Waals surface area (Å²) in [6.07, 6.45) is 9.48. The summed E-state index contributed by atoms with van der Waals surface area (Å²) >= 11 is 0. The Labute approximate surface area is 258 Å². The molecule has 0 spiro atoms. The molecule has 8 heterocycles. The van der Waals surface area contributed by atoms with Crippen molar-refractivity contribution in [2.24, 2.45) is 0 Å². The Kier molecular flexibility index (Phi) is 8.97. The molecule has 238 valence electrons. The number of hydrogen-bond donors (Lipinski definition) is 10. The van der Waals surface area contributed by atoms with Gasteiger partial charge in [-0.3, -0.25) is 39.4 Å². The number of nitrogens with one attached hydrogen (secondary N) is 7. The van der Waals surface area contributed by atoms with Gasteiger partial charge in [-0.1, -0.05) is 0 Å². The maximum atomic E-state index is 11.0. The van der Waals surface area contributed by atoms with Gasteiger partial charge in [0.25, 0.3) is 11.1 Å². The summed E-state index contributed by atoms with van der Waals surface area (Å²) in [5.41, 5.74) is 20.9. The first kappa shape index (κ1) is 30.7. The van der Waals surface area contributed by atoms with Crippen molar-refractivity contribution < 1.29 is 4.79 Å². The van der Waals surface area contributed by atoms with Crippen molar-refractivity contribution in [1.82, 2.24) is 74.5 Å². The van der Waals surface area contributed by atoms with Gasteiger partial charge in [-0.2, -0.15) is 9.97 Å². The van der Waals surface area contributed by atoms with Crippen molar-refractivity contribution in [1.29, 1.82) is 0 Å². The average molecular weight is 642 g/mol. The van der Waals surface area contributed by atoms with Crippen LogP contribution < -0.4 is 39.4 Å². The van der Waals surface area contributed by atoms with Crippen LogP contribution in [0, 0.1) is 0 Å². The normalized spacial score (nSPS) is 10.3. The molecule has 8 aromatic heterocycles. The number of nitrogens with zero attached hydrogens (tertiary/aromatic N) is 9. The van der Waals surface area contributed by atoms with Gasteiger partial charge in [-0.15, -0.1) is 0 Å². The molecule has 8 aromatic rings. The van der Waals surface area contributed by atoms with E-state index >= 15 is 0 Å². The van der Waals surface area contributed by atoms with E-state index in [1.165, 1.54) is 36.2 Å². The molecular weight excluding hydrogens is 618 g/mol. The maximum absolute atomic E-state index is 11.0. The third-order valence-electron chi connectivity index (χ3n) is 5.70. The van der Waals surface area contributed by atoms with E-state index in [1.54, 1.807) is 24.4 Å². The molecule has 0 radical (unpaired) electrons. The third-order valence-corrected chi connectivity index (χ3v) is 5.70. The lowest BCUT2D eigenvalue weighted by molar-refractivity contribution is 0.111. The van der Waals surface area contributed by atoms with Crippen molar-refractivity contribution in [3.63, 3.8) is 0 Å². The van der Waals surface area contributed by atoms with Crippen LogP contribution >= 0.6 is 0 Å². The van der Waals surface area contributed by atoms with Crippen molar-refractivity contribution in [3.05, 3.63) is 92.8 Å². The van der Waals surface area contributed by atoms with Gasteiger partial charge >= 0.3 is 5.69 Å². The maximum Gasteiger partial charge on any atom is 0.346 e. The average Bonchev–Trinajstić information content (AvgIpc) is 3.86. The number of H-pyrrole nitrogens is 6. The molecule has 0 bridgehead atoms. The molecule has 0 saturated heterocycles. The second-order valence-electron chi connectivity index (χ2n) is 8.79. The van der Waals surface area contributed by atoms with Gasteiger partial charge in [0.05, 0.1) is 19.0 Å². The molecule has 0 atom stereocenters. The Morgan fingerprint density at radius 2 is 1.30 bits per heavy atom. The minimum Gasteiger partial charge on any atom is -0.382 e. The number of aromatic nitrogens is 15. The summed E-state index contributed by atoms with van der Waals surface area (Å²) in [7, 11) is 0. The predicted octanol–water partition coefficient (Wildman–Crippen LogP) is -1.35. The van der Waals surface area contributed by atoms with E-state index in [9.17, 15) is 19.2 Å². The van der Waals surface area contributed by atoms with Crippen LogP contribution in [0.3, 0.4) is 0 Å². The first-order chi connectivity index (χ1) is 22.7. The van der Waals surface area contributed by atoms with E-state index in [0.717, 1.165) is 0 Å². The highest BCUT2D eigenvalue weighted by atomic mass is 16.1. The SMILES string of the molecule is Nc1nc2nc[nH]c2c(=O)[nH]1.Nc1nc2nc[nH]c2c(=O)[nH]1.Nc1ncnc2nc[nH]c12.O=Cc1cccn1Nc1ccnc(=O)[nH]1. The number of rotatable bonds is 3. The second-order valence-corrected chi connectivity index (χ2v) is 8.79. The highest BCUT2D eigenvalue weighted by Crippen LogP contribution is 2.09. The first-order valence-electron chi connectivity index (χ1n) is 12.9. The highest BCUT2D eigenvalue weighted by Gasteiger charge is 2.03. The van der Waals surface area contributed by atoms with Crippen LogP contribution in [0.4, 0.5) is 23.5 Å². The van der Waals surface area contributed by atoms with E-state index < -0.39 is 5.69 Å². The molecular formula is C24H23N19O4. The van der Waals surface area contributed by atoms with Crippen LogP contribution in [0.2, 0.25) is 0 Å². The zero-order chi connectivity index (χ0) is 33.3. The van der Waals surface area contributed by atoms with E-state index in [2.05, 4.69) is 75.2 Å². The second kappa shape index (κ2) is 13.7. The minimum atomic E-state index is -0.445. The zero-order valence-corrected chi connectivity index (χ0v) is 23.7. The zero-order valence-electron chi connectivity index (χ0n) is 23.7. The Hall–Kier alpha value is -7.72. The number of carbonyl (C=O) groups excluding carboxylic acids is 1. The fourth-order valence-electron chi connectivity index (χ4n) is 3.66. The summed E-state index contributed by atoms with van der Waals surface area (Å²) in [5.74, 6) is 1.06. The quantitative estimate of drug-likeness (QED) is 0.0996. The lowest BCUT2D eigenvalue weighted by atomic mass is 10.5. The number of aldehydes is 1. The molecule has 8 rings (SSSR count). The summed E-state index contributed by atoms with van der Waals surface area (Å²) < 4.78 is 1.50. The molecule has 0 amide bonds. The van der Waals surface area contributed by atoms with E-state index in [4.69, 9.17) is 17.2 Å². The lowest BCUT2D eigenvalue weighted by Gasteiger charge is -2.07.